The Kier molecular flexibility index (Phi) is 9.38. The molecule has 216 valence electrons. The number of likely N-dealkylation sites (tertiary alicyclic amines) is 1. The summed E-state index contributed by atoms with van der Waals surface area (Å²) in [5.74, 6) is 1.16. The van der Waals surface area contributed by atoms with Crippen LogP contribution < -0.4 is 15.4 Å². The molecule has 1 fully saturated rings. The number of carbonyl (C=O) groups excluding carboxylic acids is 1. The lowest BCUT2D eigenvalue weighted by atomic mass is 10.0. The molecule has 1 amide bonds. The Morgan fingerprint density at radius 3 is 2.68 bits per heavy atom. The van der Waals surface area contributed by atoms with E-state index in [0.717, 1.165) is 55.8 Å². The number of aromatic nitrogens is 3. The van der Waals surface area contributed by atoms with E-state index in [9.17, 15) is 4.79 Å². The number of amides is 1. The normalized spacial score (nSPS) is 14.5. The van der Waals surface area contributed by atoms with Gasteiger partial charge in [0, 0.05) is 44.3 Å². The van der Waals surface area contributed by atoms with Crippen LogP contribution in [-0.4, -0.2) is 83.6 Å². The molecule has 9 nitrogen and oxygen atoms in total. The van der Waals surface area contributed by atoms with Gasteiger partial charge in [0.2, 0.25) is 0 Å². The molecular formula is C31H38ClN7O2. The number of likely N-dealkylation sites (N-methyl/N-ethyl adjacent to an activating group) is 1. The second-order valence-corrected chi connectivity index (χ2v) is 11.3. The van der Waals surface area contributed by atoms with Crippen molar-refractivity contribution in [3.05, 3.63) is 70.9 Å². The lowest BCUT2D eigenvalue weighted by Gasteiger charge is -2.33. The Morgan fingerprint density at radius 2 is 1.95 bits per heavy atom. The average molecular weight is 576 g/mol. The Morgan fingerprint density at radius 1 is 1.17 bits per heavy atom. The molecule has 0 spiro atoms. The van der Waals surface area contributed by atoms with Crippen LogP contribution in [0.5, 0.6) is 5.75 Å². The Hall–Kier alpha value is -3.66. The Bertz CT molecular complexity index is 1460. The fraction of sp³-hybridized carbons (Fsp3) is 0.387. The number of hydrogen-bond donors (Lipinski definition) is 3. The molecule has 1 aliphatic rings. The van der Waals surface area contributed by atoms with Gasteiger partial charge in [-0.15, -0.1) is 0 Å². The average Bonchev–Trinajstić information content (AvgIpc) is 3.39. The van der Waals surface area contributed by atoms with Gasteiger partial charge < -0.3 is 25.3 Å². The van der Waals surface area contributed by atoms with E-state index in [0.29, 0.717) is 34.8 Å². The summed E-state index contributed by atoms with van der Waals surface area (Å²) in [7, 11) is 3.93. The van der Waals surface area contributed by atoms with Crippen LogP contribution in [-0.2, 0) is 11.3 Å². The number of fused-ring (bicyclic) bond motifs is 1. The highest BCUT2D eigenvalue weighted by atomic mass is 35.5. The van der Waals surface area contributed by atoms with Gasteiger partial charge in [-0.3, -0.25) is 9.69 Å². The topological polar surface area (TPSA) is 98.4 Å². The van der Waals surface area contributed by atoms with Gasteiger partial charge in [0.15, 0.2) is 12.3 Å². The zero-order valence-electron chi connectivity index (χ0n) is 23.9. The van der Waals surface area contributed by atoms with Crippen molar-refractivity contribution in [3.63, 3.8) is 0 Å². The highest BCUT2D eigenvalue weighted by molar-refractivity contribution is 6.34. The number of anilines is 1. The standard InChI is InChI=1S/C31H38ClN7O2/c1-21-5-4-6-22(17-21)19-39-14-11-24(12-15-39)35-28-26(32)18-34-31-29(28)36-30(37-31)23-7-9-25(10-8-23)41-20-27(40)33-13-16-38(2)3/h4-10,17-18,24H,11-16,19-20H2,1-3H3,(H,33,40)(H2,34,35,36,37). The fourth-order valence-corrected chi connectivity index (χ4v) is 5.25. The maximum atomic E-state index is 12.0. The predicted molar refractivity (Wildman–Crippen MR) is 164 cm³/mol. The molecule has 4 aromatic rings. The molecule has 5 rings (SSSR count). The van der Waals surface area contributed by atoms with E-state index in [4.69, 9.17) is 21.3 Å². The largest absolute Gasteiger partial charge is 0.484 e. The summed E-state index contributed by atoms with van der Waals surface area (Å²) in [6.45, 7) is 6.51. The lowest BCUT2D eigenvalue weighted by Crippen LogP contribution is -2.38. The molecular weight excluding hydrogens is 538 g/mol. The summed E-state index contributed by atoms with van der Waals surface area (Å²) in [6.07, 6.45) is 3.72. The molecule has 2 aromatic heterocycles. The number of hydrogen-bond acceptors (Lipinski definition) is 7. The van der Waals surface area contributed by atoms with Crippen LogP contribution in [0.3, 0.4) is 0 Å². The van der Waals surface area contributed by atoms with E-state index in [1.807, 2.05) is 43.3 Å². The molecule has 0 bridgehead atoms. The van der Waals surface area contributed by atoms with Crippen LogP contribution in [0.15, 0.2) is 54.7 Å². The quantitative estimate of drug-likeness (QED) is 0.238. The van der Waals surface area contributed by atoms with Gasteiger partial charge in [0.25, 0.3) is 5.91 Å². The summed E-state index contributed by atoms with van der Waals surface area (Å²) in [5, 5.41) is 7.09. The number of halogens is 1. The minimum absolute atomic E-state index is 0.0281. The van der Waals surface area contributed by atoms with Gasteiger partial charge in [-0.1, -0.05) is 41.4 Å². The van der Waals surface area contributed by atoms with Gasteiger partial charge in [0.1, 0.15) is 17.1 Å². The number of piperidine rings is 1. The molecule has 2 aromatic carbocycles. The van der Waals surface area contributed by atoms with Crippen LogP contribution in [0.2, 0.25) is 5.02 Å². The molecule has 0 saturated carbocycles. The van der Waals surface area contributed by atoms with Gasteiger partial charge in [0.05, 0.1) is 16.9 Å². The number of ether oxygens (including phenoxy) is 1. The highest BCUT2D eigenvalue weighted by Crippen LogP contribution is 2.32. The highest BCUT2D eigenvalue weighted by Gasteiger charge is 2.22. The summed E-state index contributed by atoms with van der Waals surface area (Å²) in [4.78, 5) is 29.1. The molecule has 3 N–H and O–H groups in total. The first-order valence-corrected chi connectivity index (χ1v) is 14.4. The first kappa shape index (κ1) is 28.9. The fourth-order valence-electron chi connectivity index (χ4n) is 5.05. The van der Waals surface area contributed by atoms with Crippen molar-refractivity contribution in [2.45, 2.75) is 32.4 Å². The van der Waals surface area contributed by atoms with Crippen molar-refractivity contribution in [3.8, 4) is 17.1 Å². The van der Waals surface area contributed by atoms with Crippen LogP contribution in [0.4, 0.5) is 5.69 Å². The summed E-state index contributed by atoms with van der Waals surface area (Å²) in [5.41, 5.74) is 5.79. The molecule has 0 radical (unpaired) electrons. The SMILES string of the molecule is Cc1cccc(CN2CCC(Nc3c(Cl)cnc4nc(-c5ccc(OCC(=O)NCCN(C)C)cc5)[nH]c34)CC2)c1. The minimum atomic E-state index is -0.145. The van der Waals surface area contributed by atoms with E-state index in [-0.39, 0.29) is 12.5 Å². The first-order valence-electron chi connectivity index (χ1n) is 14.1. The number of nitrogens with zero attached hydrogens (tertiary/aromatic N) is 4. The number of H-pyrrole nitrogens is 1. The maximum Gasteiger partial charge on any atom is 0.257 e. The van der Waals surface area contributed by atoms with Crippen molar-refractivity contribution < 1.29 is 9.53 Å². The van der Waals surface area contributed by atoms with E-state index in [2.05, 4.69) is 56.7 Å². The number of pyridine rings is 1. The smallest absolute Gasteiger partial charge is 0.257 e. The van der Waals surface area contributed by atoms with Crippen molar-refractivity contribution in [1.82, 2.24) is 30.1 Å². The number of nitrogens with one attached hydrogen (secondary N) is 3. The lowest BCUT2D eigenvalue weighted by molar-refractivity contribution is -0.123. The number of aryl methyl sites for hydroxylation is 1. The predicted octanol–water partition coefficient (Wildman–Crippen LogP) is 4.72. The van der Waals surface area contributed by atoms with Crippen LogP contribution in [0.25, 0.3) is 22.6 Å². The molecule has 1 aliphatic heterocycles. The van der Waals surface area contributed by atoms with Crippen molar-refractivity contribution in [2.75, 3.05) is 52.2 Å². The van der Waals surface area contributed by atoms with Gasteiger partial charge in [-0.05, 0) is 63.7 Å². The minimum Gasteiger partial charge on any atom is -0.484 e. The summed E-state index contributed by atoms with van der Waals surface area (Å²) < 4.78 is 5.64. The van der Waals surface area contributed by atoms with Crippen molar-refractivity contribution >= 4 is 34.4 Å². The molecule has 0 aliphatic carbocycles. The number of rotatable bonds is 11. The number of imidazole rings is 1. The number of aromatic amines is 1. The van der Waals surface area contributed by atoms with Crippen LogP contribution in [0.1, 0.15) is 24.0 Å². The van der Waals surface area contributed by atoms with E-state index in [1.54, 1.807) is 6.20 Å². The maximum absolute atomic E-state index is 12.0. The Balaban J connectivity index is 1.19. The third kappa shape index (κ3) is 7.75. The van der Waals surface area contributed by atoms with Gasteiger partial charge in [-0.25, -0.2) is 9.97 Å². The molecule has 3 heterocycles. The summed E-state index contributed by atoms with van der Waals surface area (Å²) in [6, 6.07) is 16.5. The monoisotopic (exact) mass is 575 g/mol. The molecule has 0 atom stereocenters. The molecule has 41 heavy (non-hydrogen) atoms. The second kappa shape index (κ2) is 13.3. The summed E-state index contributed by atoms with van der Waals surface area (Å²) >= 11 is 6.62. The van der Waals surface area contributed by atoms with Gasteiger partial charge >= 0.3 is 0 Å². The zero-order valence-corrected chi connectivity index (χ0v) is 24.7. The molecule has 0 unspecified atom stereocenters. The number of benzene rings is 2. The van der Waals surface area contributed by atoms with Crippen LogP contribution in [0, 0.1) is 6.92 Å². The molecule has 10 heteroatoms. The van der Waals surface area contributed by atoms with E-state index in [1.165, 1.54) is 11.1 Å². The van der Waals surface area contributed by atoms with E-state index < -0.39 is 0 Å². The van der Waals surface area contributed by atoms with Crippen molar-refractivity contribution in [1.29, 1.82) is 0 Å². The zero-order chi connectivity index (χ0) is 28.8. The third-order valence-corrected chi connectivity index (χ3v) is 7.56. The molecule has 1 saturated heterocycles. The first-order chi connectivity index (χ1) is 19.8. The van der Waals surface area contributed by atoms with Crippen LogP contribution >= 0.6 is 11.6 Å². The van der Waals surface area contributed by atoms with E-state index >= 15 is 0 Å². The Labute approximate surface area is 246 Å². The van der Waals surface area contributed by atoms with Gasteiger partial charge in [-0.2, -0.15) is 0 Å². The van der Waals surface area contributed by atoms with Crippen molar-refractivity contribution in [2.24, 2.45) is 0 Å². The second-order valence-electron chi connectivity index (χ2n) is 10.9. The third-order valence-electron chi connectivity index (χ3n) is 7.28. The number of carbonyl (C=O) groups is 1.